The van der Waals surface area contributed by atoms with Crippen LogP contribution in [0.5, 0.6) is 11.5 Å². The summed E-state index contributed by atoms with van der Waals surface area (Å²) in [5.41, 5.74) is 6.63. The lowest BCUT2D eigenvalue weighted by molar-refractivity contribution is -0.151. The van der Waals surface area contributed by atoms with E-state index in [-0.39, 0.29) is 47.7 Å². The second-order valence-corrected chi connectivity index (χ2v) is 10.3. The van der Waals surface area contributed by atoms with E-state index >= 15 is 0 Å². The van der Waals surface area contributed by atoms with Crippen molar-refractivity contribution in [2.45, 2.75) is 72.7 Å². The van der Waals surface area contributed by atoms with Crippen LogP contribution in [0.2, 0.25) is 0 Å². The molecule has 12 heteroatoms. The van der Waals surface area contributed by atoms with Gasteiger partial charge in [-0.1, -0.05) is 36.8 Å². The van der Waals surface area contributed by atoms with Gasteiger partial charge in [-0.3, -0.25) is 14.4 Å². The molecule has 2 N–H and O–H groups in total. The first kappa shape index (κ1) is 38.4. The first-order valence-electron chi connectivity index (χ1n) is 14.1. The second kappa shape index (κ2) is 19.6. The number of amides is 1. The fourth-order valence-electron chi connectivity index (χ4n) is 3.57. The summed E-state index contributed by atoms with van der Waals surface area (Å²) in [6, 6.07) is 14.1. The first-order chi connectivity index (χ1) is 21.2. The van der Waals surface area contributed by atoms with Crippen LogP contribution in [0.4, 0.5) is 8.78 Å². The van der Waals surface area contributed by atoms with Crippen LogP contribution in [0.15, 0.2) is 60.8 Å². The number of hydrogen-bond donors (Lipinski definition) is 1. The number of aromatic nitrogens is 1. The number of pyridine rings is 1. The molecule has 1 unspecified atom stereocenters. The van der Waals surface area contributed by atoms with Gasteiger partial charge in [0, 0.05) is 32.0 Å². The van der Waals surface area contributed by atoms with Crippen molar-refractivity contribution in [1.82, 2.24) is 4.98 Å². The molecule has 0 radical (unpaired) electrons. The largest absolute Gasteiger partial charge is 0.493 e. The second-order valence-electron chi connectivity index (χ2n) is 10.3. The molecule has 0 aliphatic heterocycles. The van der Waals surface area contributed by atoms with Gasteiger partial charge in [-0.25, -0.2) is 13.8 Å². The Balaban J connectivity index is 0.000000365. The van der Waals surface area contributed by atoms with Crippen molar-refractivity contribution in [2.75, 3.05) is 13.9 Å². The standard InChI is InChI=1S/C16H23FO3.C10H12N2O5.C7H7F/c1-5-15(18)20-12(2)10-16(3,4)19-11-13-6-8-14(17)9-7-13;1-6(13)16-5-17-9-7(15-2)3-4-12-8(9)10(11)14;1-6-2-4-7(8)5-3-6/h6-9,12H,5,10-11H2,1-4H3;3-4H,5H2,1-2H3,(H2,11,14);2-5H,1H3. The third kappa shape index (κ3) is 16.2. The van der Waals surface area contributed by atoms with E-state index in [9.17, 15) is 23.2 Å². The maximum Gasteiger partial charge on any atom is 0.305 e. The summed E-state index contributed by atoms with van der Waals surface area (Å²) < 4.78 is 50.6. The molecule has 1 atom stereocenters. The highest BCUT2D eigenvalue weighted by molar-refractivity contribution is 5.94. The van der Waals surface area contributed by atoms with Gasteiger partial charge in [0.25, 0.3) is 5.91 Å². The van der Waals surface area contributed by atoms with E-state index in [4.69, 9.17) is 24.7 Å². The maximum atomic E-state index is 12.8. The highest BCUT2D eigenvalue weighted by atomic mass is 19.1. The summed E-state index contributed by atoms with van der Waals surface area (Å²) in [6.07, 6.45) is 2.16. The lowest BCUT2D eigenvalue weighted by atomic mass is 10.0. The summed E-state index contributed by atoms with van der Waals surface area (Å²) in [5, 5.41) is 0. The summed E-state index contributed by atoms with van der Waals surface area (Å²) in [7, 11) is 1.40. The molecule has 0 fully saturated rings. The zero-order chi connectivity index (χ0) is 34.0. The van der Waals surface area contributed by atoms with E-state index in [1.165, 1.54) is 50.6 Å². The first-order valence-corrected chi connectivity index (χ1v) is 14.1. The van der Waals surface area contributed by atoms with Crippen molar-refractivity contribution in [1.29, 1.82) is 0 Å². The molecule has 0 saturated carbocycles. The van der Waals surface area contributed by atoms with E-state index in [1.807, 2.05) is 27.7 Å². The van der Waals surface area contributed by atoms with Crippen LogP contribution in [-0.4, -0.2) is 48.4 Å². The number of nitrogens with two attached hydrogens (primary N) is 1. The number of hydrogen-bond acceptors (Lipinski definition) is 9. The third-order valence-corrected chi connectivity index (χ3v) is 5.74. The molecule has 246 valence electrons. The van der Waals surface area contributed by atoms with Crippen LogP contribution in [0.1, 0.15) is 69.1 Å². The van der Waals surface area contributed by atoms with Gasteiger partial charge in [-0.05, 0) is 57.5 Å². The molecule has 1 aromatic heterocycles. The number of methoxy groups -OCH3 is 1. The SMILES string of the molecule is CCC(=O)OC(C)CC(C)(C)OCc1ccc(F)cc1.COc1ccnc(C(N)=O)c1OCOC(C)=O.Cc1ccc(F)cc1. The zero-order valence-corrected chi connectivity index (χ0v) is 26.7. The average Bonchev–Trinajstić information content (AvgIpc) is 2.98. The fraction of sp³-hybridized carbons (Fsp3) is 0.394. The van der Waals surface area contributed by atoms with Crippen molar-refractivity contribution in [3.05, 3.63) is 89.2 Å². The highest BCUT2D eigenvalue weighted by Gasteiger charge is 2.24. The molecule has 1 amide bonds. The molecule has 1 heterocycles. The summed E-state index contributed by atoms with van der Waals surface area (Å²) >= 11 is 0. The molecule has 3 aromatic rings. The van der Waals surface area contributed by atoms with Gasteiger partial charge in [0.1, 0.15) is 17.7 Å². The van der Waals surface area contributed by atoms with E-state index in [0.717, 1.165) is 11.1 Å². The number of nitrogens with zero attached hydrogens (tertiary/aromatic N) is 1. The number of primary amides is 1. The molecule has 0 aliphatic rings. The van der Waals surface area contributed by atoms with Crippen molar-refractivity contribution in [3.8, 4) is 11.5 Å². The van der Waals surface area contributed by atoms with E-state index in [1.54, 1.807) is 31.2 Å². The minimum absolute atomic E-state index is 0.0451. The molecular weight excluding hydrogens is 590 g/mol. The van der Waals surface area contributed by atoms with Crippen LogP contribution < -0.4 is 15.2 Å². The number of halogens is 2. The number of carbonyl (C=O) groups excluding carboxylic acids is 3. The van der Waals surface area contributed by atoms with Crippen LogP contribution in [0.3, 0.4) is 0 Å². The Morgan fingerprint density at radius 2 is 1.56 bits per heavy atom. The van der Waals surface area contributed by atoms with Gasteiger partial charge < -0.3 is 29.4 Å². The Hall–Kier alpha value is -4.58. The predicted molar refractivity (Wildman–Crippen MR) is 163 cm³/mol. The van der Waals surface area contributed by atoms with Crippen molar-refractivity contribution >= 4 is 17.8 Å². The molecule has 3 rings (SSSR count). The van der Waals surface area contributed by atoms with E-state index in [0.29, 0.717) is 19.4 Å². The molecule has 45 heavy (non-hydrogen) atoms. The maximum absolute atomic E-state index is 12.8. The summed E-state index contributed by atoms with van der Waals surface area (Å²) in [4.78, 5) is 36.7. The van der Waals surface area contributed by atoms with Gasteiger partial charge in [-0.2, -0.15) is 0 Å². The number of carbonyl (C=O) groups is 3. The molecule has 0 saturated heterocycles. The van der Waals surface area contributed by atoms with Gasteiger partial charge in [0.2, 0.25) is 6.79 Å². The number of esters is 2. The van der Waals surface area contributed by atoms with E-state index < -0.39 is 17.5 Å². The normalized spacial score (nSPS) is 11.0. The lowest BCUT2D eigenvalue weighted by Crippen LogP contribution is -2.31. The highest BCUT2D eigenvalue weighted by Crippen LogP contribution is 2.29. The van der Waals surface area contributed by atoms with Crippen LogP contribution >= 0.6 is 0 Å². The van der Waals surface area contributed by atoms with Crippen LogP contribution in [-0.2, 0) is 30.4 Å². The molecule has 0 bridgehead atoms. The Morgan fingerprint density at radius 1 is 0.978 bits per heavy atom. The lowest BCUT2D eigenvalue weighted by Gasteiger charge is -2.28. The third-order valence-electron chi connectivity index (χ3n) is 5.74. The molecule has 2 aromatic carbocycles. The minimum Gasteiger partial charge on any atom is -0.493 e. The molecular formula is C33H42F2N2O8. The Kier molecular flexibility index (Phi) is 16.8. The number of rotatable bonds is 12. The Labute approximate surface area is 262 Å². The molecule has 0 spiro atoms. The van der Waals surface area contributed by atoms with Gasteiger partial charge in [-0.15, -0.1) is 0 Å². The number of aryl methyl sites for hydroxylation is 1. The Morgan fingerprint density at radius 3 is 2.04 bits per heavy atom. The number of benzene rings is 2. The van der Waals surface area contributed by atoms with Gasteiger partial charge >= 0.3 is 11.9 Å². The van der Waals surface area contributed by atoms with Crippen molar-refractivity contribution < 1.29 is 46.8 Å². The summed E-state index contributed by atoms with van der Waals surface area (Å²) in [6.45, 7) is 10.7. The molecule has 0 aliphatic carbocycles. The topological polar surface area (TPSA) is 136 Å². The fourth-order valence-corrected chi connectivity index (χ4v) is 3.57. The quantitative estimate of drug-likeness (QED) is 0.186. The van der Waals surface area contributed by atoms with Crippen molar-refractivity contribution in [3.63, 3.8) is 0 Å². The van der Waals surface area contributed by atoms with Crippen molar-refractivity contribution in [2.24, 2.45) is 5.73 Å². The predicted octanol–water partition coefficient (Wildman–Crippen LogP) is 6.08. The zero-order valence-electron chi connectivity index (χ0n) is 26.7. The van der Waals surface area contributed by atoms with Crippen LogP contribution in [0, 0.1) is 18.6 Å². The average molecular weight is 633 g/mol. The van der Waals surface area contributed by atoms with Gasteiger partial charge in [0.05, 0.1) is 19.3 Å². The molecule has 10 nitrogen and oxygen atoms in total. The van der Waals surface area contributed by atoms with Gasteiger partial charge in [0.15, 0.2) is 17.2 Å². The smallest absolute Gasteiger partial charge is 0.305 e. The van der Waals surface area contributed by atoms with Crippen LogP contribution in [0.25, 0.3) is 0 Å². The Bertz CT molecular complexity index is 1330. The minimum atomic E-state index is -0.762. The number of ether oxygens (including phenoxy) is 5. The monoisotopic (exact) mass is 632 g/mol. The summed E-state index contributed by atoms with van der Waals surface area (Å²) in [5.74, 6) is -1.57. The van der Waals surface area contributed by atoms with E-state index in [2.05, 4.69) is 9.72 Å².